The van der Waals surface area contributed by atoms with E-state index in [1.165, 1.54) is 16.7 Å². The molecule has 0 spiro atoms. The molecule has 1 N–H and O–H groups in total. The summed E-state index contributed by atoms with van der Waals surface area (Å²) in [5.74, 6) is 0.385. The summed E-state index contributed by atoms with van der Waals surface area (Å²) in [4.78, 5) is 2.62. The highest BCUT2D eigenvalue weighted by atomic mass is 16.3. The molecule has 1 fully saturated rings. The molecule has 1 atom stereocenters. The summed E-state index contributed by atoms with van der Waals surface area (Å²) in [5.41, 5.74) is 3.56. The maximum atomic E-state index is 10.1. The standard InChI is InChI=1S/C26H29NO/c1-21(28)22-17-19-27(20-18-22)26(23-11-5-2-6-12-23,24-13-7-3-8-14-24)25-15-9-4-10-16-25/h2-16,21-22,28H,17-20H2,1H3. The van der Waals surface area contributed by atoms with Crippen LogP contribution in [-0.4, -0.2) is 29.2 Å². The Morgan fingerprint density at radius 2 is 1.07 bits per heavy atom. The zero-order valence-electron chi connectivity index (χ0n) is 16.5. The van der Waals surface area contributed by atoms with E-state index in [0.29, 0.717) is 5.92 Å². The Morgan fingerprint density at radius 1 is 0.714 bits per heavy atom. The molecule has 0 aliphatic carbocycles. The lowest BCUT2D eigenvalue weighted by Crippen LogP contribution is -2.52. The molecule has 0 radical (unpaired) electrons. The quantitative estimate of drug-likeness (QED) is 0.633. The fourth-order valence-corrected chi connectivity index (χ4v) is 4.80. The van der Waals surface area contributed by atoms with Gasteiger partial charge in [0.15, 0.2) is 0 Å². The number of aliphatic hydroxyl groups is 1. The zero-order valence-corrected chi connectivity index (χ0v) is 16.5. The minimum absolute atomic E-state index is 0.235. The monoisotopic (exact) mass is 371 g/mol. The van der Waals surface area contributed by atoms with Crippen LogP contribution in [0.15, 0.2) is 91.0 Å². The molecule has 1 aliphatic heterocycles. The van der Waals surface area contributed by atoms with E-state index >= 15 is 0 Å². The first-order valence-electron chi connectivity index (χ1n) is 10.3. The van der Waals surface area contributed by atoms with E-state index in [9.17, 15) is 5.11 Å². The van der Waals surface area contributed by atoms with Gasteiger partial charge < -0.3 is 5.11 Å². The first kappa shape index (κ1) is 18.9. The Labute approximate surface area is 168 Å². The molecule has 0 amide bonds. The van der Waals surface area contributed by atoms with Crippen molar-refractivity contribution in [3.05, 3.63) is 108 Å². The number of aliphatic hydroxyl groups excluding tert-OH is 1. The van der Waals surface area contributed by atoms with Crippen LogP contribution in [0.3, 0.4) is 0 Å². The molecule has 0 aromatic heterocycles. The third-order valence-electron chi connectivity index (χ3n) is 6.27. The van der Waals surface area contributed by atoms with Crippen molar-refractivity contribution in [2.45, 2.75) is 31.4 Å². The molecule has 1 unspecified atom stereocenters. The van der Waals surface area contributed by atoms with E-state index in [1.54, 1.807) is 0 Å². The molecule has 1 heterocycles. The Balaban J connectivity index is 1.90. The van der Waals surface area contributed by atoms with Crippen LogP contribution in [0.1, 0.15) is 36.5 Å². The summed E-state index contributed by atoms with van der Waals surface area (Å²) in [6, 6.07) is 32.6. The number of hydrogen-bond donors (Lipinski definition) is 1. The van der Waals surface area contributed by atoms with Crippen LogP contribution >= 0.6 is 0 Å². The molecular formula is C26H29NO. The van der Waals surface area contributed by atoms with Crippen molar-refractivity contribution in [3.63, 3.8) is 0 Å². The van der Waals surface area contributed by atoms with Crippen LogP contribution in [-0.2, 0) is 5.54 Å². The maximum Gasteiger partial charge on any atom is 0.0972 e. The molecule has 3 aromatic carbocycles. The van der Waals surface area contributed by atoms with E-state index in [4.69, 9.17) is 0 Å². The van der Waals surface area contributed by atoms with Crippen molar-refractivity contribution in [2.75, 3.05) is 13.1 Å². The van der Waals surface area contributed by atoms with Crippen molar-refractivity contribution in [2.24, 2.45) is 5.92 Å². The Bertz CT molecular complexity index is 756. The van der Waals surface area contributed by atoms with Crippen molar-refractivity contribution in [1.29, 1.82) is 0 Å². The van der Waals surface area contributed by atoms with Crippen molar-refractivity contribution < 1.29 is 5.11 Å². The van der Waals surface area contributed by atoms with Gasteiger partial charge in [0.2, 0.25) is 0 Å². The maximum absolute atomic E-state index is 10.1. The molecule has 4 rings (SSSR count). The lowest BCUT2D eigenvalue weighted by Gasteiger charge is -2.48. The SMILES string of the molecule is CC(O)C1CCN(C(c2ccccc2)(c2ccccc2)c2ccccc2)CC1. The Hall–Kier alpha value is -2.42. The molecule has 0 saturated carbocycles. The van der Waals surface area contributed by atoms with Gasteiger partial charge in [-0.15, -0.1) is 0 Å². The topological polar surface area (TPSA) is 23.5 Å². The van der Waals surface area contributed by atoms with Gasteiger partial charge in [0, 0.05) is 0 Å². The summed E-state index contributed by atoms with van der Waals surface area (Å²) >= 11 is 0. The molecule has 1 saturated heterocycles. The fourth-order valence-electron chi connectivity index (χ4n) is 4.80. The van der Waals surface area contributed by atoms with Gasteiger partial charge in [0.05, 0.1) is 11.6 Å². The second-order valence-electron chi connectivity index (χ2n) is 7.87. The third kappa shape index (κ3) is 3.39. The Morgan fingerprint density at radius 3 is 1.39 bits per heavy atom. The van der Waals surface area contributed by atoms with E-state index in [1.807, 2.05) is 6.92 Å². The molecule has 2 nitrogen and oxygen atoms in total. The molecular weight excluding hydrogens is 342 g/mol. The number of piperidine rings is 1. The van der Waals surface area contributed by atoms with Gasteiger partial charge in [-0.2, -0.15) is 0 Å². The summed E-state index contributed by atoms with van der Waals surface area (Å²) < 4.78 is 0. The number of benzene rings is 3. The average molecular weight is 372 g/mol. The first-order valence-corrected chi connectivity index (χ1v) is 10.3. The highest BCUT2D eigenvalue weighted by Gasteiger charge is 2.43. The third-order valence-corrected chi connectivity index (χ3v) is 6.27. The van der Waals surface area contributed by atoms with Crippen LogP contribution in [0.25, 0.3) is 0 Å². The first-order chi connectivity index (χ1) is 13.7. The fraction of sp³-hybridized carbons (Fsp3) is 0.308. The van der Waals surface area contributed by atoms with E-state index < -0.39 is 0 Å². The van der Waals surface area contributed by atoms with Crippen molar-refractivity contribution in [3.8, 4) is 0 Å². The summed E-state index contributed by atoms with van der Waals surface area (Å²) in [6.07, 6.45) is 1.81. The normalized spacial score (nSPS) is 17.4. The molecule has 144 valence electrons. The highest BCUT2D eigenvalue weighted by molar-refractivity contribution is 5.49. The molecule has 3 aromatic rings. The highest BCUT2D eigenvalue weighted by Crippen LogP contribution is 2.44. The number of likely N-dealkylation sites (tertiary alicyclic amines) is 1. The van der Waals surface area contributed by atoms with E-state index in [0.717, 1.165) is 25.9 Å². The van der Waals surface area contributed by atoms with Gasteiger partial charge in [-0.1, -0.05) is 91.0 Å². The minimum Gasteiger partial charge on any atom is -0.393 e. The lowest BCUT2D eigenvalue weighted by molar-refractivity contribution is 0.0429. The van der Waals surface area contributed by atoms with Crippen molar-refractivity contribution >= 4 is 0 Å². The van der Waals surface area contributed by atoms with E-state index in [-0.39, 0.29) is 11.6 Å². The summed E-state index contributed by atoms with van der Waals surface area (Å²) in [5, 5.41) is 10.1. The van der Waals surface area contributed by atoms with Gasteiger partial charge in [0.25, 0.3) is 0 Å². The van der Waals surface area contributed by atoms with Crippen molar-refractivity contribution in [1.82, 2.24) is 4.90 Å². The molecule has 1 aliphatic rings. The molecule has 28 heavy (non-hydrogen) atoms. The van der Waals surface area contributed by atoms with Crippen LogP contribution in [0, 0.1) is 5.92 Å². The second kappa shape index (κ2) is 8.30. The lowest BCUT2D eigenvalue weighted by atomic mass is 9.74. The van der Waals surface area contributed by atoms with Gasteiger partial charge in [-0.25, -0.2) is 0 Å². The van der Waals surface area contributed by atoms with Crippen LogP contribution in [0.4, 0.5) is 0 Å². The smallest absolute Gasteiger partial charge is 0.0972 e. The minimum atomic E-state index is -0.326. The average Bonchev–Trinajstić information content (AvgIpc) is 2.77. The predicted molar refractivity (Wildman–Crippen MR) is 115 cm³/mol. The largest absolute Gasteiger partial charge is 0.393 e. The zero-order chi connectivity index (χ0) is 19.4. The van der Waals surface area contributed by atoms with Crippen LogP contribution < -0.4 is 0 Å². The molecule has 0 bridgehead atoms. The van der Waals surface area contributed by atoms with Gasteiger partial charge in [-0.05, 0) is 55.5 Å². The van der Waals surface area contributed by atoms with Crippen LogP contribution in [0.2, 0.25) is 0 Å². The Kier molecular flexibility index (Phi) is 5.61. The number of hydrogen-bond acceptors (Lipinski definition) is 2. The second-order valence-corrected chi connectivity index (χ2v) is 7.87. The summed E-state index contributed by atoms with van der Waals surface area (Å²) in [7, 11) is 0. The van der Waals surface area contributed by atoms with Gasteiger partial charge in [-0.3, -0.25) is 4.90 Å². The predicted octanol–water partition coefficient (Wildman–Crippen LogP) is 5.07. The number of rotatable bonds is 5. The summed E-state index contributed by atoms with van der Waals surface area (Å²) in [6.45, 7) is 3.86. The van der Waals surface area contributed by atoms with Crippen LogP contribution in [0.5, 0.6) is 0 Å². The van der Waals surface area contributed by atoms with Gasteiger partial charge >= 0.3 is 0 Å². The van der Waals surface area contributed by atoms with E-state index in [2.05, 4.69) is 95.9 Å². The van der Waals surface area contributed by atoms with Gasteiger partial charge in [0.1, 0.15) is 0 Å². The molecule has 2 heteroatoms. The number of nitrogens with zero attached hydrogens (tertiary/aromatic N) is 1.